The van der Waals surface area contributed by atoms with Crippen molar-refractivity contribution in [3.05, 3.63) is 44.0 Å². The lowest BCUT2D eigenvalue weighted by atomic mass is 10.1. The molecule has 0 radical (unpaired) electrons. The van der Waals surface area contributed by atoms with Gasteiger partial charge >= 0.3 is 5.97 Å². The van der Waals surface area contributed by atoms with E-state index in [9.17, 15) is 29.8 Å². The van der Waals surface area contributed by atoms with Crippen LogP contribution < -0.4 is 5.32 Å². The van der Waals surface area contributed by atoms with E-state index in [-0.39, 0.29) is 12.0 Å². The molecule has 1 amide bonds. The van der Waals surface area contributed by atoms with E-state index in [1.54, 1.807) is 6.26 Å². The molecule has 0 aromatic heterocycles. The lowest BCUT2D eigenvalue weighted by Crippen LogP contribution is -2.41. The molecule has 0 heterocycles. The number of nitro groups is 2. The Labute approximate surface area is 134 Å². The zero-order valence-corrected chi connectivity index (χ0v) is 12.7. The number of rotatable bonds is 8. The Balaban J connectivity index is 3.08. The van der Waals surface area contributed by atoms with Crippen molar-refractivity contribution >= 4 is 35.0 Å². The van der Waals surface area contributed by atoms with Gasteiger partial charge in [-0.25, -0.2) is 4.79 Å². The number of carbonyl (C=O) groups excluding carboxylic acids is 1. The first kappa shape index (κ1) is 18.4. The minimum atomic E-state index is -1.26. The van der Waals surface area contributed by atoms with Gasteiger partial charge in [0.1, 0.15) is 6.04 Å². The number of carbonyl (C=O) groups is 2. The number of non-ortho nitro benzene ring substituents is 2. The minimum absolute atomic E-state index is 0.152. The van der Waals surface area contributed by atoms with Gasteiger partial charge in [0.25, 0.3) is 17.3 Å². The molecule has 0 saturated carbocycles. The largest absolute Gasteiger partial charge is 0.480 e. The maximum atomic E-state index is 12.0. The van der Waals surface area contributed by atoms with E-state index >= 15 is 0 Å². The van der Waals surface area contributed by atoms with E-state index in [1.807, 2.05) is 0 Å². The van der Waals surface area contributed by atoms with E-state index in [0.717, 1.165) is 18.2 Å². The Kier molecular flexibility index (Phi) is 6.45. The summed E-state index contributed by atoms with van der Waals surface area (Å²) in [7, 11) is 0. The maximum Gasteiger partial charge on any atom is 0.326 e. The van der Waals surface area contributed by atoms with Gasteiger partial charge in [-0.05, 0) is 18.4 Å². The molecule has 0 aliphatic rings. The van der Waals surface area contributed by atoms with E-state index in [0.29, 0.717) is 5.75 Å². The molecule has 0 fully saturated rings. The standard InChI is InChI=1S/C12H13N3O7S/c1-23-3-2-10(12(17)18)13-11(16)7-4-8(14(19)20)6-9(5-7)15(21)22/h4-6,10H,2-3H2,1H3,(H,13,16)(H,17,18). The molecule has 1 aromatic rings. The van der Waals surface area contributed by atoms with Crippen molar-refractivity contribution in [2.45, 2.75) is 12.5 Å². The van der Waals surface area contributed by atoms with Gasteiger partial charge in [-0.1, -0.05) is 0 Å². The highest BCUT2D eigenvalue weighted by atomic mass is 32.2. The Morgan fingerprint density at radius 1 is 1.22 bits per heavy atom. The molecule has 2 N–H and O–H groups in total. The van der Waals surface area contributed by atoms with E-state index in [2.05, 4.69) is 5.32 Å². The fourth-order valence-corrected chi connectivity index (χ4v) is 2.14. The van der Waals surface area contributed by atoms with Gasteiger partial charge in [-0.3, -0.25) is 25.0 Å². The molecule has 124 valence electrons. The summed E-state index contributed by atoms with van der Waals surface area (Å²) in [5, 5.41) is 32.8. The Hall–Kier alpha value is -2.69. The van der Waals surface area contributed by atoms with Gasteiger partial charge in [0.15, 0.2) is 0 Å². The van der Waals surface area contributed by atoms with E-state index in [4.69, 9.17) is 5.11 Å². The first-order chi connectivity index (χ1) is 10.8. The summed E-state index contributed by atoms with van der Waals surface area (Å²) >= 11 is 1.39. The normalized spacial score (nSPS) is 11.5. The van der Waals surface area contributed by atoms with Crippen LogP contribution in [0.1, 0.15) is 16.8 Å². The highest BCUT2D eigenvalue weighted by Gasteiger charge is 2.24. The molecule has 1 atom stereocenters. The summed E-state index contributed by atoms with van der Waals surface area (Å²) < 4.78 is 0. The van der Waals surface area contributed by atoms with Crippen molar-refractivity contribution < 1.29 is 24.5 Å². The van der Waals surface area contributed by atoms with Crippen molar-refractivity contribution in [2.75, 3.05) is 12.0 Å². The van der Waals surface area contributed by atoms with Crippen LogP contribution in [0.2, 0.25) is 0 Å². The number of nitrogens with one attached hydrogen (secondary N) is 1. The zero-order valence-electron chi connectivity index (χ0n) is 11.9. The van der Waals surface area contributed by atoms with Crippen LogP contribution >= 0.6 is 11.8 Å². The fraction of sp³-hybridized carbons (Fsp3) is 0.333. The Bertz CT molecular complexity index is 617. The highest BCUT2D eigenvalue weighted by Crippen LogP contribution is 2.22. The number of benzene rings is 1. The monoisotopic (exact) mass is 343 g/mol. The minimum Gasteiger partial charge on any atom is -0.480 e. The van der Waals surface area contributed by atoms with Crippen molar-refractivity contribution in [1.29, 1.82) is 0 Å². The molecule has 1 unspecified atom stereocenters. The van der Waals surface area contributed by atoms with Crippen molar-refractivity contribution in [3.63, 3.8) is 0 Å². The predicted octanol–water partition coefficient (Wildman–Crippen LogP) is 1.44. The molecule has 1 rings (SSSR count). The fourth-order valence-electron chi connectivity index (χ4n) is 1.67. The molecule has 1 aromatic carbocycles. The second-order valence-corrected chi connectivity index (χ2v) is 5.38. The van der Waals surface area contributed by atoms with Crippen LogP contribution in [0.5, 0.6) is 0 Å². The summed E-state index contributed by atoms with van der Waals surface area (Å²) in [6.45, 7) is 0. The third-order valence-electron chi connectivity index (χ3n) is 2.80. The molecule has 11 heteroatoms. The second-order valence-electron chi connectivity index (χ2n) is 4.40. The first-order valence-corrected chi connectivity index (χ1v) is 7.62. The van der Waals surface area contributed by atoms with Crippen LogP contribution in [0.25, 0.3) is 0 Å². The van der Waals surface area contributed by atoms with Gasteiger partial charge in [-0.15, -0.1) is 0 Å². The number of hydrogen-bond acceptors (Lipinski definition) is 7. The van der Waals surface area contributed by atoms with E-state index < -0.39 is 39.1 Å². The van der Waals surface area contributed by atoms with Crippen molar-refractivity contribution in [1.82, 2.24) is 5.32 Å². The van der Waals surface area contributed by atoms with Crippen LogP contribution in [-0.2, 0) is 4.79 Å². The third-order valence-corrected chi connectivity index (χ3v) is 3.44. The second kappa shape index (κ2) is 8.08. The van der Waals surface area contributed by atoms with Gasteiger partial charge in [0.05, 0.1) is 21.5 Å². The highest BCUT2D eigenvalue weighted by molar-refractivity contribution is 7.98. The van der Waals surface area contributed by atoms with Gasteiger partial charge in [-0.2, -0.15) is 11.8 Å². The molecule has 23 heavy (non-hydrogen) atoms. The predicted molar refractivity (Wildman–Crippen MR) is 81.6 cm³/mol. The molecular formula is C12H13N3O7S. The van der Waals surface area contributed by atoms with Crippen LogP contribution in [0.3, 0.4) is 0 Å². The number of carboxylic acids is 1. The van der Waals surface area contributed by atoms with Crippen molar-refractivity contribution in [2.24, 2.45) is 0 Å². The quantitative estimate of drug-likeness (QED) is 0.531. The van der Waals surface area contributed by atoms with Crippen LogP contribution in [0.4, 0.5) is 11.4 Å². The zero-order chi connectivity index (χ0) is 17.6. The van der Waals surface area contributed by atoms with Crippen LogP contribution in [0.15, 0.2) is 18.2 Å². The number of hydrogen-bond donors (Lipinski definition) is 2. The molecular weight excluding hydrogens is 330 g/mol. The molecule has 0 spiro atoms. The number of amides is 1. The van der Waals surface area contributed by atoms with E-state index in [1.165, 1.54) is 11.8 Å². The van der Waals surface area contributed by atoms with Gasteiger partial charge in [0, 0.05) is 12.1 Å². The summed E-state index contributed by atoms with van der Waals surface area (Å²) in [4.78, 5) is 42.9. The number of nitro benzene ring substituents is 2. The SMILES string of the molecule is CSCCC(NC(=O)c1cc([N+](=O)[O-])cc([N+](=O)[O-])c1)C(=O)O. The lowest BCUT2D eigenvalue weighted by Gasteiger charge is -2.13. The average molecular weight is 343 g/mol. The summed E-state index contributed by atoms with van der Waals surface area (Å²) in [5.41, 5.74) is -1.60. The lowest BCUT2D eigenvalue weighted by molar-refractivity contribution is -0.394. The molecule has 0 aliphatic heterocycles. The molecule has 0 aliphatic carbocycles. The molecule has 0 saturated heterocycles. The number of aliphatic carboxylic acids is 1. The summed E-state index contributed by atoms with van der Waals surface area (Å²) in [6, 6.07) is 1.25. The first-order valence-electron chi connectivity index (χ1n) is 6.22. The average Bonchev–Trinajstić information content (AvgIpc) is 2.50. The number of carboxylic acid groups (broad SMARTS) is 1. The Morgan fingerprint density at radius 3 is 2.13 bits per heavy atom. The smallest absolute Gasteiger partial charge is 0.326 e. The maximum absolute atomic E-state index is 12.0. The third kappa shape index (κ3) is 5.21. The number of nitrogens with zero attached hydrogens (tertiary/aromatic N) is 2. The summed E-state index contributed by atoms with van der Waals surface area (Å²) in [6.07, 6.45) is 1.92. The topological polar surface area (TPSA) is 153 Å². The molecule has 0 bridgehead atoms. The molecule has 10 nitrogen and oxygen atoms in total. The Morgan fingerprint density at radius 2 is 1.74 bits per heavy atom. The van der Waals surface area contributed by atoms with Crippen molar-refractivity contribution in [3.8, 4) is 0 Å². The summed E-state index contributed by atoms with van der Waals surface area (Å²) in [5.74, 6) is -1.70. The van der Waals surface area contributed by atoms with Gasteiger partial charge in [0.2, 0.25) is 0 Å². The number of thioether (sulfide) groups is 1. The van der Waals surface area contributed by atoms with Crippen LogP contribution in [-0.4, -0.2) is 44.9 Å². The van der Waals surface area contributed by atoms with Gasteiger partial charge < -0.3 is 10.4 Å². The van der Waals surface area contributed by atoms with Crippen LogP contribution in [0, 0.1) is 20.2 Å².